The molecule has 3 aliphatic rings. The number of aromatic amines is 1. The molecule has 1 aromatic rings. The molecule has 1 atom stereocenters. The van der Waals surface area contributed by atoms with Crippen molar-refractivity contribution in [3.05, 3.63) is 46.6 Å². The van der Waals surface area contributed by atoms with Gasteiger partial charge < -0.3 is 15.6 Å². The summed E-state index contributed by atoms with van der Waals surface area (Å²) in [6.07, 6.45) is 0.603. The lowest BCUT2D eigenvalue weighted by Crippen LogP contribution is -2.38. The van der Waals surface area contributed by atoms with Gasteiger partial charge in [0.2, 0.25) is 5.95 Å². The molecule has 0 amide bonds. The van der Waals surface area contributed by atoms with E-state index in [2.05, 4.69) is 30.6 Å². The lowest BCUT2D eigenvalue weighted by Gasteiger charge is -2.24. The zero-order chi connectivity index (χ0) is 19.7. The van der Waals surface area contributed by atoms with Crippen LogP contribution in [0, 0.1) is 0 Å². The second kappa shape index (κ2) is 7.19. The Labute approximate surface area is 157 Å². The van der Waals surface area contributed by atoms with Crippen LogP contribution in [0.5, 0.6) is 0 Å². The number of alkyl halides is 3. The summed E-state index contributed by atoms with van der Waals surface area (Å²) < 4.78 is 40.8. The molecule has 1 aromatic heterocycles. The largest absolute Gasteiger partial charge is 0.419 e. The molecule has 0 spiro atoms. The number of nitrogens with one attached hydrogen (secondary N) is 3. The zero-order valence-corrected chi connectivity index (χ0v) is 14.7. The van der Waals surface area contributed by atoms with Crippen molar-refractivity contribution in [3.63, 3.8) is 0 Å². The lowest BCUT2D eigenvalue weighted by atomic mass is 10.0. The molecule has 1 unspecified atom stereocenters. The normalized spacial score (nSPS) is 17.6. The smallest absolute Gasteiger partial charge is 0.350 e. The van der Waals surface area contributed by atoms with E-state index in [0.29, 0.717) is 12.1 Å². The minimum absolute atomic E-state index is 0.0357. The second-order valence-corrected chi connectivity index (χ2v) is 6.57. The van der Waals surface area contributed by atoms with Crippen LogP contribution in [-0.4, -0.2) is 39.1 Å². The summed E-state index contributed by atoms with van der Waals surface area (Å²) in [6, 6.07) is 3.11. The van der Waals surface area contributed by atoms with Crippen molar-refractivity contribution in [3.8, 4) is 22.5 Å². The molecule has 1 fully saturated rings. The van der Waals surface area contributed by atoms with Crippen LogP contribution in [0.1, 0.15) is 18.4 Å². The van der Waals surface area contributed by atoms with Gasteiger partial charge in [0.1, 0.15) is 11.3 Å². The van der Waals surface area contributed by atoms with Gasteiger partial charge in [-0.25, -0.2) is 15.0 Å². The van der Waals surface area contributed by atoms with Crippen molar-refractivity contribution >= 4 is 5.95 Å². The van der Waals surface area contributed by atoms with Gasteiger partial charge in [0.15, 0.2) is 0 Å². The maximum absolute atomic E-state index is 13.6. The maximum atomic E-state index is 13.6. The minimum atomic E-state index is -4.65. The topological polar surface area (TPSA) is 95.6 Å². The molecule has 3 N–H and O–H groups in total. The molecule has 0 radical (unpaired) electrons. The van der Waals surface area contributed by atoms with Gasteiger partial charge in [-0.2, -0.15) is 13.2 Å². The highest BCUT2D eigenvalue weighted by atomic mass is 19.4. The van der Waals surface area contributed by atoms with E-state index in [0.717, 1.165) is 25.6 Å². The van der Waals surface area contributed by atoms with Crippen molar-refractivity contribution in [2.75, 3.05) is 18.4 Å². The van der Waals surface area contributed by atoms with E-state index in [4.69, 9.17) is 0 Å². The number of nitrogens with zero attached hydrogens (tertiary/aromatic N) is 3. The van der Waals surface area contributed by atoms with Crippen LogP contribution in [0.25, 0.3) is 22.5 Å². The first-order valence-corrected chi connectivity index (χ1v) is 8.82. The van der Waals surface area contributed by atoms with E-state index in [1.165, 1.54) is 24.5 Å². The Kier molecular flexibility index (Phi) is 4.71. The van der Waals surface area contributed by atoms with Crippen LogP contribution in [-0.2, 0) is 6.18 Å². The van der Waals surface area contributed by atoms with Gasteiger partial charge in [-0.15, -0.1) is 0 Å². The Balaban J connectivity index is 1.81. The summed E-state index contributed by atoms with van der Waals surface area (Å²) >= 11 is 0. The Morgan fingerprint density at radius 3 is 2.75 bits per heavy atom. The van der Waals surface area contributed by atoms with Gasteiger partial charge in [0, 0.05) is 42.3 Å². The average molecular weight is 390 g/mol. The lowest BCUT2D eigenvalue weighted by molar-refractivity contribution is -0.137. The van der Waals surface area contributed by atoms with Crippen LogP contribution in [0.3, 0.4) is 0 Å². The van der Waals surface area contributed by atoms with Gasteiger partial charge in [-0.3, -0.25) is 4.79 Å². The molecule has 1 saturated heterocycles. The molecule has 10 heteroatoms. The molecule has 4 rings (SSSR count). The minimum Gasteiger partial charge on any atom is -0.350 e. The van der Waals surface area contributed by atoms with Gasteiger partial charge in [0.25, 0.3) is 5.56 Å². The summed E-state index contributed by atoms with van der Waals surface area (Å²) in [6.45, 7) is 1.60. The molecule has 0 aromatic carbocycles. The Morgan fingerprint density at radius 1 is 1.14 bits per heavy atom. The highest BCUT2D eigenvalue weighted by molar-refractivity contribution is 5.82. The third-order valence-corrected chi connectivity index (χ3v) is 4.64. The number of piperidine rings is 1. The van der Waals surface area contributed by atoms with E-state index in [9.17, 15) is 18.0 Å². The fourth-order valence-corrected chi connectivity index (χ4v) is 3.29. The third-order valence-electron chi connectivity index (χ3n) is 4.64. The summed E-state index contributed by atoms with van der Waals surface area (Å²) in [5.74, 6) is 0.111. The number of hydrogen-bond acceptors (Lipinski definition) is 6. The van der Waals surface area contributed by atoms with Gasteiger partial charge in [-0.1, -0.05) is 6.07 Å². The number of hydrogen-bond donors (Lipinski definition) is 3. The van der Waals surface area contributed by atoms with Crippen molar-refractivity contribution in [2.45, 2.75) is 25.1 Å². The Morgan fingerprint density at radius 2 is 2.00 bits per heavy atom. The van der Waals surface area contributed by atoms with Gasteiger partial charge in [0.05, 0.1) is 5.69 Å². The standard InChI is InChI=1S/C18H17F3N6O/c19-18(20,21)13-9-25-17(26-10-3-1-5-22-7-10)27-14(13)12-8-24-15-11(12)4-2-6-23-16(15)28/h2,4,6,8-10,22H,1,3,5,7H2,(H,23,28)(H,25,26,27). The SMILES string of the molecule is O=c1[nH]cccc2c(-c3nc(NC4CCCNC4)ncc3C(F)(F)F)cnc1-2. The molecular weight excluding hydrogens is 373 g/mol. The molecule has 0 bridgehead atoms. The van der Waals surface area contributed by atoms with E-state index < -0.39 is 17.3 Å². The number of rotatable bonds is 3. The van der Waals surface area contributed by atoms with Crippen LogP contribution >= 0.6 is 0 Å². The molecule has 3 aliphatic heterocycles. The first kappa shape index (κ1) is 18.4. The van der Waals surface area contributed by atoms with Crippen molar-refractivity contribution in [2.24, 2.45) is 0 Å². The predicted octanol–water partition coefficient (Wildman–Crippen LogP) is 2.51. The molecule has 146 valence electrons. The molecule has 0 saturated carbocycles. The number of anilines is 1. The molecular formula is C18H17F3N6O. The monoisotopic (exact) mass is 390 g/mol. The Hall–Kier alpha value is -3.01. The van der Waals surface area contributed by atoms with Crippen LogP contribution in [0.15, 0.2) is 35.5 Å². The van der Waals surface area contributed by atoms with E-state index in [1.807, 2.05) is 0 Å². The maximum Gasteiger partial charge on any atom is 0.419 e. The number of aromatic nitrogens is 4. The molecule has 4 heterocycles. The fourth-order valence-electron chi connectivity index (χ4n) is 3.29. The first-order chi connectivity index (χ1) is 13.4. The predicted molar refractivity (Wildman–Crippen MR) is 97.0 cm³/mol. The van der Waals surface area contributed by atoms with Crippen LogP contribution in [0.2, 0.25) is 0 Å². The quantitative estimate of drug-likeness (QED) is 0.636. The molecule has 28 heavy (non-hydrogen) atoms. The van der Waals surface area contributed by atoms with Crippen molar-refractivity contribution in [1.29, 1.82) is 0 Å². The van der Waals surface area contributed by atoms with E-state index in [1.54, 1.807) is 0 Å². The number of H-pyrrole nitrogens is 1. The summed E-state index contributed by atoms with van der Waals surface area (Å²) in [4.78, 5) is 26.5. The van der Waals surface area contributed by atoms with Gasteiger partial charge >= 0.3 is 6.18 Å². The highest BCUT2D eigenvalue weighted by Crippen LogP contribution is 2.39. The van der Waals surface area contributed by atoms with Gasteiger partial charge in [-0.05, 0) is 25.5 Å². The summed E-state index contributed by atoms with van der Waals surface area (Å²) in [5.41, 5.74) is -1.28. The molecule has 0 aliphatic carbocycles. The van der Waals surface area contributed by atoms with Crippen LogP contribution < -0.4 is 16.2 Å². The number of fused-ring (bicyclic) bond motifs is 1. The highest BCUT2D eigenvalue weighted by Gasteiger charge is 2.36. The molecule has 7 nitrogen and oxygen atoms in total. The summed E-state index contributed by atoms with van der Waals surface area (Å²) in [7, 11) is 0. The summed E-state index contributed by atoms with van der Waals surface area (Å²) in [5, 5.41) is 6.31. The Bertz CT molecular complexity index is 1010. The average Bonchev–Trinajstić information content (AvgIpc) is 3.00. The van der Waals surface area contributed by atoms with E-state index in [-0.39, 0.29) is 28.9 Å². The van der Waals surface area contributed by atoms with Crippen molar-refractivity contribution in [1.82, 2.24) is 25.3 Å². The number of halogens is 3. The fraction of sp³-hybridized carbons (Fsp3) is 0.333. The first-order valence-electron chi connectivity index (χ1n) is 8.82. The van der Waals surface area contributed by atoms with Crippen LogP contribution in [0.4, 0.5) is 19.1 Å². The van der Waals surface area contributed by atoms with E-state index >= 15 is 0 Å². The second-order valence-electron chi connectivity index (χ2n) is 6.57. The van der Waals surface area contributed by atoms with Crippen molar-refractivity contribution < 1.29 is 13.2 Å². The third kappa shape index (κ3) is 3.55. The zero-order valence-electron chi connectivity index (χ0n) is 14.7.